The van der Waals surface area contributed by atoms with Crippen molar-refractivity contribution in [2.45, 2.75) is 51.4 Å². The van der Waals surface area contributed by atoms with Crippen molar-refractivity contribution in [3.05, 3.63) is 33.8 Å². The lowest BCUT2D eigenvalue weighted by molar-refractivity contribution is -0.122. The van der Waals surface area contributed by atoms with Gasteiger partial charge in [-0.15, -0.1) is 0 Å². The molecule has 4 nitrogen and oxygen atoms in total. The summed E-state index contributed by atoms with van der Waals surface area (Å²) in [6.45, 7) is 0.702. The van der Waals surface area contributed by atoms with Crippen molar-refractivity contribution in [2.24, 2.45) is 5.92 Å². The van der Waals surface area contributed by atoms with Gasteiger partial charge in [-0.3, -0.25) is 9.59 Å². The molecule has 144 valence electrons. The first-order valence-electron chi connectivity index (χ1n) is 9.54. The Morgan fingerprint density at radius 3 is 2.70 bits per heavy atom. The Hall–Kier alpha value is -1.53. The van der Waals surface area contributed by atoms with Crippen molar-refractivity contribution in [1.82, 2.24) is 5.32 Å². The van der Waals surface area contributed by atoms with E-state index >= 15 is 0 Å². The number of carbonyl (C=O) groups excluding carboxylic acids is 2. The van der Waals surface area contributed by atoms with Gasteiger partial charge in [0.2, 0.25) is 0 Å². The van der Waals surface area contributed by atoms with E-state index in [1.165, 1.54) is 38.5 Å². The molecule has 2 fully saturated rings. The van der Waals surface area contributed by atoms with Gasteiger partial charge in [-0.2, -0.15) is 0 Å². The molecule has 1 aliphatic heterocycles. The summed E-state index contributed by atoms with van der Waals surface area (Å²) >= 11 is 8.42. The minimum Gasteiger partial charge on any atom is -0.492 e. The molecule has 1 aliphatic carbocycles. The monoisotopic (exact) mass is 449 g/mol. The highest BCUT2D eigenvalue weighted by Gasteiger charge is 2.26. The van der Waals surface area contributed by atoms with Crippen LogP contribution in [0.1, 0.15) is 56.9 Å². The van der Waals surface area contributed by atoms with Crippen LogP contribution in [0.3, 0.4) is 0 Å². The Morgan fingerprint density at radius 1 is 1.22 bits per heavy atom. The number of thiocarbonyl (C=S) groups is 1. The summed E-state index contributed by atoms with van der Waals surface area (Å²) in [4.78, 5) is 24.3. The lowest BCUT2D eigenvalue weighted by Crippen LogP contribution is -2.39. The van der Waals surface area contributed by atoms with E-state index in [0.717, 1.165) is 28.1 Å². The van der Waals surface area contributed by atoms with Crippen molar-refractivity contribution in [2.75, 3.05) is 6.61 Å². The Bertz CT molecular complexity index is 747. The minimum absolute atomic E-state index is 0.0796. The summed E-state index contributed by atoms with van der Waals surface area (Å²) < 4.78 is 6.71. The van der Waals surface area contributed by atoms with E-state index < -0.39 is 5.91 Å². The second-order valence-corrected chi connectivity index (χ2v) is 8.57. The molecular formula is C21H24BrNO3S. The number of ketones is 1. The number of amides is 1. The minimum atomic E-state index is -0.435. The summed E-state index contributed by atoms with van der Waals surface area (Å²) in [5.74, 6) is 0.964. The van der Waals surface area contributed by atoms with Gasteiger partial charge >= 0.3 is 0 Å². The Balaban J connectivity index is 1.55. The highest BCUT2D eigenvalue weighted by atomic mass is 79.9. The van der Waals surface area contributed by atoms with E-state index in [4.69, 9.17) is 17.0 Å². The van der Waals surface area contributed by atoms with Crippen molar-refractivity contribution in [1.29, 1.82) is 0 Å². The molecule has 2 aliphatic rings. The molecule has 0 radical (unpaired) electrons. The molecule has 1 heterocycles. The predicted molar refractivity (Wildman–Crippen MR) is 114 cm³/mol. The number of Topliss-reactive ketones (excluding diaryl/α,β-unsaturated/α-hetero) is 1. The number of benzene rings is 1. The van der Waals surface area contributed by atoms with Gasteiger partial charge in [-0.25, -0.2) is 0 Å². The van der Waals surface area contributed by atoms with Crippen LogP contribution in [0.15, 0.2) is 28.2 Å². The lowest BCUT2D eigenvalue weighted by atomic mass is 9.86. The molecule has 27 heavy (non-hydrogen) atoms. The van der Waals surface area contributed by atoms with Crippen LogP contribution < -0.4 is 10.1 Å². The maximum Gasteiger partial charge on any atom is 0.259 e. The summed E-state index contributed by atoms with van der Waals surface area (Å²) in [6.07, 6.45) is 10.9. The topological polar surface area (TPSA) is 55.4 Å². The van der Waals surface area contributed by atoms with Crippen LogP contribution in [-0.2, 0) is 9.59 Å². The van der Waals surface area contributed by atoms with Crippen LogP contribution in [0, 0.1) is 5.92 Å². The van der Waals surface area contributed by atoms with E-state index in [-0.39, 0.29) is 22.8 Å². The average molecular weight is 450 g/mol. The average Bonchev–Trinajstić information content (AvgIpc) is 2.64. The van der Waals surface area contributed by atoms with Crippen LogP contribution in [0.5, 0.6) is 5.75 Å². The van der Waals surface area contributed by atoms with Crippen LogP contribution in [0.4, 0.5) is 0 Å². The number of halogens is 1. The fraction of sp³-hybridized carbons (Fsp3) is 0.476. The standard InChI is InChI=1S/C21H24BrNO3S/c22-17-12-15(11-16-18(24)13-20(27)23-21(16)25)8-9-19(17)26-10-4-7-14-5-2-1-3-6-14/h8-9,11-12,14H,1-7,10,13H2,(H,23,25,27)/b16-11+. The zero-order chi connectivity index (χ0) is 19.2. The predicted octanol–water partition coefficient (Wildman–Crippen LogP) is 4.99. The third-order valence-corrected chi connectivity index (χ3v) is 5.99. The quantitative estimate of drug-likeness (QED) is 0.287. The third kappa shape index (κ3) is 5.72. The van der Waals surface area contributed by atoms with Crippen LogP contribution in [0.25, 0.3) is 6.08 Å². The molecule has 6 heteroatoms. The molecule has 0 aromatic heterocycles. The Kier molecular flexibility index (Phi) is 7.19. The molecule has 1 N–H and O–H groups in total. The molecule has 3 rings (SSSR count). The molecule has 1 amide bonds. The number of piperidine rings is 1. The maximum atomic E-state index is 12.0. The zero-order valence-electron chi connectivity index (χ0n) is 15.3. The summed E-state index contributed by atoms with van der Waals surface area (Å²) in [6, 6.07) is 5.57. The van der Waals surface area contributed by atoms with Crippen LogP contribution in [-0.4, -0.2) is 23.3 Å². The maximum absolute atomic E-state index is 12.0. The zero-order valence-corrected chi connectivity index (χ0v) is 17.7. The molecule has 1 aromatic carbocycles. The van der Waals surface area contributed by atoms with Gasteiger partial charge in [-0.1, -0.05) is 50.4 Å². The molecule has 0 unspecified atom stereocenters. The fourth-order valence-electron chi connectivity index (χ4n) is 3.67. The normalized spacial score (nSPS) is 20.0. The van der Waals surface area contributed by atoms with Crippen molar-refractivity contribution in [3.8, 4) is 5.75 Å². The molecule has 0 spiro atoms. The highest BCUT2D eigenvalue weighted by molar-refractivity contribution is 9.10. The molecular weight excluding hydrogens is 426 g/mol. The first-order valence-corrected chi connectivity index (χ1v) is 10.7. The van der Waals surface area contributed by atoms with Gasteiger partial charge in [-0.05, 0) is 58.5 Å². The number of carbonyl (C=O) groups is 2. The molecule has 0 atom stereocenters. The van der Waals surface area contributed by atoms with Crippen LogP contribution in [0.2, 0.25) is 0 Å². The van der Waals surface area contributed by atoms with Crippen molar-refractivity contribution in [3.63, 3.8) is 0 Å². The number of ether oxygens (including phenoxy) is 1. The summed E-state index contributed by atoms with van der Waals surface area (Å²) in [5.41, 5.74) is 0.902. The first-order chi connectivity index (χ1) is 13.0. The SMILES string of the molecule is O=C1CC(=S)NC(=O)/C1=C/c1ccc(OCCCC2CCCCC2)c(Br)c1. The second-order valence-electron chi connectivity index (χ2n) is 7.22. The van der Waals surface area contributed by atoms with Crippen molar-refractivity contribution < 1.29 is 14.3 Å². The number of hydrogen-bond donors (Lipinski definition) is 1. The number of rotatable bonds is 6. The van der Waals surface area contributed by atoms with E-state index in [9.17, 15) is 9.59 Å². The third-order valence-electron chi connectivity index (χ3n) is 5.13. The van der Waals surface area contributed by atoms with Gasteiger partial charge in [0.1, 0.15) is 5.75 Å². The van der Waals surface area contributed by atoms with E-state index in [2.05, 4.69) is 21.2 Å². The van der Waals surface area contributed by atoms with E-state index in [0.29, 0.717) is 6.61 Å². The summed E-state index contributed by atoms with van der Waals surface area (Å²) in [5, 5.41) is 2.53. The highest BCUT2D eigenvalue weighted by Crippen LogP contribution is 2.29. The molecule has 1 aromatic rings. The van der Waals surface area contributed by atoms with Gasteiger partial charge in [0.25, 0.3) is 5.91 Å². The largest absolute Gasteiger partial charge is 0.492 e. The summed E-state index contributed by atoms with van der Waals surface area (Å²) in [7, 11) is 0. The molecule has 1 saturated carbocycles. The van der Waals surface area contributed by atoms with Gasteiger partial charge in [0.05, 0.1) is 28.1 Å². The van der Waals surface area contributed by atoms with E-state index in [1.807, 2.05) is 18.2 Å². The molecule has 0 bridgehead atoms. The molecule has 1 saturated heterocycles. The second kappa shape index (κ2) is 9.60. The van der Waals surface area contributed by atoms with Gasteiger partial charge in [0, 0.05) is 0 Å². The lowest BCUT2D eigenvalue weighted by Gasteiger charge is -2.21. The van der Waals surface area contributed by atoms with Gasteiger partial charge in [0.15, 0.2) is 5.78 Å². The van der Waals surface area contributed by atoms with Crippen molar-refractivity contribution >= 4 is 50.9 Å². The first kappa shape index (κ1) is 20.2. The van der Waals surface area contributed by atoms with Gasteiger partial charge < -0.3 is 10.1 Å². The van der Waals surface area contributed by atoms with Crippen LogP contribution >= 0.6 is 28.1 Å². The number of nitrogens with one attached hydrogen (secondary N) is 1. The Morgan fingerprint density at radius 2 is 2.00 bits per heavy atom. The smallest absolute Gasteiger partial charge is 0.259 e. The number of hydrogen-bond acceptors (Lipinski definition) is 4. The fourth-order valence-corrected chi connectivity index (χ4v) is 4.41. The Labute approximate surface area is 173 Å². The van der Waals surface area contributed by atoms with E-state index in [1.54, 1.807) is 6.08 Å².